The summed E-state index contributed by atoms with van der Waals surface area (Å²) in [4.78, 5) is 4.18. The number of hydrogen-bond acceptors (Lipinski definition) is 4. The first-order valence-corrected chi connectivity index (χ1v) is 6.41. The molecule has 0 radical (unpaired) electrons. The molecule has 1 aromatic heterocycles. The molecule has 102 valence electrons. The largest absolute Gasteiger partial charge is 0.331 e. The van der Waals surface area contributed by atoms with Crippen molar-refractivity contribution in [1.82, 2.24) is 10.1 Å². The summed E-state index contributed by atoms with van der Waals surface area (Å²) < 4.78 is 18.8. The maximum atomic E-state index is 13.7. The van der Waals surface area contributed by atoms with Crippen LogP contribution in [0.15, 0.2) is 22.7 Å². The fraction of sp³-hybridized carbons (Fsp3) is 0.385. The minimum atomic E-state index is -0.367. The van der Waals surface area contributed by atoms with E-state index in [1.807, 2.05) is 13.8 Å². The fourth-order valence-corrected chi connectivity index (χ4v) is 2.04. The number of halogens is 2. The Morgan fingerprint density at radius 3 is 2.63 bits per heavy atom. The highest BCUT2D eigenvalue weighted by Crippen LogP contribution is 2.28. The second-order valence-electron chi connectivity index (χ2n) is 4.61. The minimum absolute atomic E-state index is 0.173. The van der Waals surface area contributed by atoms with Crippen LogP contribution in [-0.4, -0.2) is 10.1 Å². The van der Waals surface area contributed by atoms with Crippen LogP contribution in [0.25, 0.3) is 0 Å². The number of nitrogens with zero attached hydrogens (tertiary/aromatic N) is 2. The van der Waals surface area contributed by atoms with E-state index < -0.39 is 0 Å². The van der Waals surface area contributed by atoms with Crippen LogP contribution < -0.4 is 5.32 Å². The fourth-order valence-electron chi connectivity index (χ4n) is 1.71. The highest BCUT2D eigenvalue weighted by molar-refractivity contribution is 6.31. The highest BCUT2D eigenvalue weighted by atomic mass is 35.5. The van der Waals surface area contributed by atoms with Gasteiger partial charge < -0.3 is 9.84 Å². The number of benzene rings is 1. The number of rotatable bonds is 4. The third kappa shape index (κ3) is 3.04. The minimum Gasteiger partial charge on any atom is -0.331 e. The lowest BCUT2D eigenvalue weighted by molar-refractivity contribution is 0.416. The standard InChI is InChI=1S/C13H15ClFN3O/c1-7(2)12-17-13(19-18-12)16-8(3)11-9(14)5-4-6-10(11)15/h4-8H,1-3H3,(H,16,17,18). The first-order valence-electron chi connectivity index (χ1n) is 6.03. The van der Waals surface area contributed by atoms with Crippen LogP contribution in [0.1, 0.15) is 44.1 Å². The average molecular weight is 284 g/mol. The van der Waals surface area contributed by atoms with Crippen molar-refractivity contribution >= 4 is 17.6 Å². The van der Waals surface area contributed by atoms with E-state index >= 15 is 0 Å². The normalized spacial score (nSPS) is 12.7. The Bertz CT molecular complexity index is 551. The van der Waals surface area contributed by atoms with Crippen LogP contribution in [0.5, 0.6) is 0 Å². The molecule has 0 aliphatic carbocycles. The van der Waals surface area contributed by atoms with Gasteiger partial charge in [0.1, 0.15) is 5.82 Å². The molecule has 0 aliphatic heterocycles. The Kier molecular flexibility index (Phi) is 4.04. The smallest absolute Gasteiger partial charge is 0.321 e. The van der Waals surface area contributed by atoms with E-state index in [1.54, 1.807) is 19.1 Å². The molecule has 6 heteroatoms. The van der Waals surface area contributed by atoms with Crippen molar-refractivity contribution in [1.29, 1.82) is 0 Å². The maximum absolute atomic E-state index is 13.7. The molecule has 1 heterocycles. The highest BCUT2D eigenvalue weighted by Gasteiger charge is 2.17. The molecule has 4 nitrogen and oxygen atoms in total. The Balaban J connectivity index is 2.18. The van der Waals surface area contributed by atoms with Crippen molar-refractivity contribution in [3.63, 3.8) is 0 Å². The summed E-state index contributed by atoms with van der Waals surface area (Å²) in [6.07, 6.45) is 0. The molecule has 19 heavy (non-hydrogen) atoms. The Labute approximate surface area is 116 Å². The molecule has 1 atom stereocenters. The van der Waals surface area contributed by atoms with Gasteiger partial charge in [0.15, 0.2) is 5.82 Å². The lowest BCUT2D eigenvalue weighted by Crippen LogP contribution is -2.09. The van der Waals surface area contributed by atoms with Gasteiger partial charge in [-0.15, -0.1) is 0 Å². The van der Waals surface area contributed by atoms with Gasteiger partial charge in [0.25, 0.3) is 0 Å². The van der Waals surface area contributed by atoms with E-state index in [2.05, 4.69) is 15.5 Å². The Morgan fingerprint density at radius 2 is 2.05 bits per heavy atom. The molecule has 0 fully saturated rings. The van der Waals surface area contributed by atoms with Crippen LogP contribution in [0.2, 0.25) is 5.02 Å². The van der Waals surface area contributed by atoms with Crippen LogP contribution in [0.3, 0.4) is 0 Å². The van der Waals surface area contributed by atoms with Gasteiger partial charge in [0.05, 0.1) is 6.04 Å². The van der Waals surface area contributed by atoms with E-state index in [4.69, 9.17) is 16.1 Å². The van der Waals surface area contributed by atoms with E-state index in [9.17, 15) is 4.39 Å². The van der Waals surface area contributed by atoms with Crippen LogP contribution in [-0.2, 0) is 0 Å². The molecule has 2 rings (SSSR count). The summed E-state index contributed by atoms with van der Waals surface area (Å²) in [5, 5.41) is 7.15. The molecule has 0 spiro atoms. The number of hydrogen-bond donors (Lipinski definition) is 1. The van der Waals surface area contributed by atoms with Gasteiger partial charge in [-0.05, 0) is 19.1 Å². The molecule has 2 aromatic rings. The van der Waals surface area contributed by atoms with Crippen molar-refractivity contribution in [3.8, 4) is 0 Å². The molecule has 0 amide bonds. The zero-order valence-electron chi connectivity index (χ0n) is 10.9. The molecule has 1 N–H and O–H groups in total. The predicted octanol–water partition coefficient (Wildman–Crippen LogP) is 4.16. The quantitative estimate of drug-likeness (QED) is 0.915. The first-order chi connectivity index (χ1) is 8.99. The van der Waals surface area contributed by atoms with Gasteiger partial charge in [-0.3, -0.25) is 0 Å². The van der Waals surface area contributed by atoms with E-state index in [0.717, 1.165) is 0 Å². The first kappa shape index (κ1) is 13.8. The van der Waals surface area contributed by atoms with Crippen LogP contribution in [0.4, 0.5) is 10.4 Å². The van der Waals surface area contributed by atoms with Crippen LogP contribution >= 0.6 is 11.6 Å². The van der Waals surface area contributed by atoms with Gasteiger partial charge in [-0.1, -0.05) is 36.7 Å². The van der Waals surface area contributed by atoms with Gasteiger partial charge in [-0.25, -0.2) is 4.39 Å². The Hall–Kier alpha value is -1.62. The molecule has 0 saturated carbocycles. The third-order valence-corrected chi connectivity index (χ3v) is 3.06. The summed E-state index contributed by atoms with van der Waals surface area (Å²) in [6, 6.07) is 4.47. The second-order valence-corrected chi connectivity index (χ2v) is 5.02. The van der Waals surface area contributed by atoms with Crippen molar-refractivity contribution in [2.75, 3.05) is 5.32 Å². The van der Waals surface area contributed by atoms with Gasteiger partial charge in [0.2, 0.25) is 0 Å². The molecule has 1 unspecified atom stereocenters. The molecule has 0 aliphatic rings. The number of anilines is 1. The second kappa shape index (κ2) is 5.57. The summed E-state index contributed by atoms with van der Waals surface area (Å²) in [6.45, 7) is 5.71. The maximum Gasteiger partial charge on any atom is 0.321 e. The van der Waals surface area contributed by atoms with E-state index in [0.29, 0.717) is 16.4 Å². The molecular formula is C13H15ClFN3O. The lowest BCUT2D eigenvalue weighted by atomic mass is 10.1. The zero-order valence-corrected chi connectivity index (χ0v) is 11.7. The third-order valence-electron chi connectivity index (χ3n) is 2.73. The molecule has 0 bridgehead atoms. The van der Waals surface area contributed by atoms with Gasteiger partial charge in [-0.2, -0.15) is 4.98 Å². The predicted molar refractivity (Wildman–Crippen MR) is 71.8 cm³/mol. The van der Waals surface area contributed by atoms with Crippen LogP contribution in [0, 0.1) is 5.82 Å². The van der Waals surface area contributed by atoms with Gasteiger partial charge >= 0.3 is 6.01 Å². The lowest BCUT2D eigenvalue weighted by Gasteiger charge is -2.14. The van der Waals surface area contributed by atoms with Crippen molar-refractivity contribution in [2.24, 2.45) is 0 Å². The summed E-state index contributed by atoms with van der Waals surface area (Å²) >= 11 is 6.00. The molecule has 0 saturated heterocycles. The summed E-state index contributed by atoms with van der Waals surface area (Å²) in [5.74, 6) is 0.414. The Morgan fingerprint density at radius 1 is 1.32 bits per heavy atom. The SMILES string of the molecule is CC(C)c1noc(NC(C)c2c(F)cccc2Cl)n1. The average Bonchev–Trinajstić information content (AvgIpc) is 2.77. The van der Waals surface area contributed by atoms with Crippen molar-refractivity contribution < 1.29 is 8.91 Å². The monoisotopic (exact) mass is 283 g/mol. The van der Waals surface area contributed by atoms with E-state index in [1.165, 1.54) is 6.07 Å². The summed E-state index contributed by atoms with van der Waals surface area (Å²) in [7, 11) is 0. The molecule has 1 aromatic carbocycles. The van der Waals surface area contributed by atoms with Crippen molar-refractivity contribution in [3.05, 3.63) is 40.4 Å². The number of nitrogens with one attached hydrogen (secondary N) is 1. The van der Waals surface area contributed by atoms with Crippen molar-refractivity contribution in [2.45, 2.75) is 32.7 Å². The topological polar surface area (TPSA) is 51.0 Å². The summed E-state index contributed by atoms with van der Waals surface area (Å²) in [5.41, 5.74) is 0.383. The van der Waals surface area contributed by atoms with Gasteiger partial charge in [0, 0.05) is 16.5 Å². The number of aromatic nitrogens is 2. The zero-order chi connectivity index (χ0) is 14.0. The molecular weight excluding hydrogens is 269 g/mol. The van der Waals surface area contributed by atoms with E-state index in [-0.39, 0.29) is 23.8 Å².